The maximum Gasteiger partial charge on any atom is 0.293 e. The fourth-order valence-corrected chi connectivity index (χ4v) is 1.52. The van der Waals surface area contributed by atoms with E-state index in [0.29, 0.717) is 19.5 Å². The van der Waals surface area contributed by atoms with E-state index in [2.05, 4.69) is 9.72 Å². The van der Waals surface area contributed by atoms with E-state index in [-0.39, 0.29) is 5.75 Å². The second-order valence-corrected chi connectivity index (χ2v) is 3.44. The fraction of sp³-hybridized carbons (Fsp3) is 0.167. The number of carbonyl (C=O) groups excluding carboxylic acids is 1. The van der Waals surface area contributed by atoms with Crippen LogP contribution in [0, 0.1) is 0 Å². The average molecular weight is 217 g/mol. The van der Waals surface area contributed by atoms with Crippen LogP contribution in [0.15, 0.2) is 30.5 Å². The van der Waals surface area contributed by atoms with Crippen molar-refractivity contribution in [3.05, 3.63) is 36.0 Å². The van der Waals surface area contributed by atoms with Crippen LogP contribution in [0.2, 0.25) is 0 Å². The van der Waals surface area contributed by atoms with E-state index in [1.165, 1.54) is 0 Å². The summed E-state index contributed by atoms with van der Waals surface area (Å²) in [5, 5.41) is 10.2. The number of hydrogen-bond donors (Lipinski definition) is 1. The lowest BCUT2D eigenvalue weighted by Crippen LogP contribution is -1.97. The van der Waals surface area contributed by atoms with Gasteiger partial charge in [0.25, 0.3) is 6.47 Å². The van der Waals surface area contributed by atoms with Crippen LogP contribution in [0.4, 0.5) is 0 Å². The molecule has 0 aliphatic rings. The lowest BCUT2D eigenvalue weighted by atomic mass is 10.1. The Morgan fingerprint density at radius 1 is 1.38 bits per heavy atom. The van der Waals surface area contributed by atoms with E-state index >= 15 is 0 Å². The van der Waals surface area contributed by atoms with Gasteiger partial charge in [0.15, 0.2) is 0 Å². The van der Waals surface area contributed by atoms with Crippen LogP contribution in [0.25, 0.3) is 10.9 Å². The minimum atomic E-state index is 0.206. The van der Waals surface area contributed by atoms with Crippen LogP contribution in [0.3, 0.4) is 0 Å². The summed E-state index contributed by atoms with van der Waals surface area (Å²) in [5.74, 6) is 0.206. The lowest BCUT2D eigenvalue weighted by molar-refractivity contribution is -0.128. The third-order valence-electron chi connectivity index (χ3n) is 2.30. The molecule has 0 spiro atoms. The molecule has 0 aliphatic carbocycles. The number of ether oxygens (including phenoxy) is 1. The third-order valence-corrected chi connectivity index (χ3v) is 2.30. The predicted molar refractivity (Wildman–Crippen MR) is 59.1 cm³/mol. The van der Waals surface area contributed by atoms with Crippen molar-refractivity contribution in [1.82, 2.24) is 4.98 Å². The Kier molecular flexibility index (Phi) is 3.00. The Morgan fingerprint density at radius 2 is 2.25 bits per heavy atom. The molecule has 2 rings (SSSR count). The van der Waals surface area contributed by atoms with Crippen molar-refractivity contribution in [2.24, 2.45) is 0 Å². The van der Waals surface area contributed by atoms with E-state index in [0.717, 1.165) is 16.5 Å². The normalized spacial score (nSPS) is 10.2. The van der Waals surface area contributed by atoms with Gasteiger partial charge < -0.3 is 9.84 Å². The number of aromatic hydroxyl groups is 1. The van der Waals surface area contributed by atoms with Gasteiger partial charge in [0.05, 0.1) is 12.1 Å². The van der Waals surface area contributed by atoms with Gasteiger partial charge >= 0.3 is 0 Å². The number of fused-ring (bicyclic) bond motifs is 1. The molecule has 1 aromatic carbocycles. The van der Waals surface area contributed by atoms with E-state index in [4.69, 9.17) is 0 Å². The van der Waals surface area contributed by atoms with Crippen LogP contribution in [-0.2, 0) is 16.0 Å². The van der Waals surface area contributed by atoms with Gasteiger partial charge in [0.1, 0.15) is 5.75 Å². The predicted octanol–water partition coefficient (Wildman–Crippen LogP) is 1.66. The number of hydrogen-bond acceptors (Lipinski definition) is 4. The number of carbonyl (C=O) groups is 1. The molecule has 0 aliphatic heterocycles. The van der Waals surface area contributed by atoms with Gasteiger partial charge in [-0.05, 0) is 23.8 Å². The van der Waals surface area contributed by atoms with Gasteiger partial charge in [-0.15, -0.1) is 0 Å². The van der Waals surface area contributed by atoms with E-state index < -0.39 is 0 Å². The van der Waals surface area contributed by atoms with E-state index in [1.807, 2.05) is 12.1 Å². The van der Waals surface area contributed by atoms with Gasteiger partial charge in [0.2, 0.25) is 0 Å². The molecule has 82 valence electrons. The van der Waals surface area contributed by atoms with Crippen molar-refractivity contribution in [3.63, 3.8) is 0 Å². The second kappa shape index (κ2) is 4.61. The summed E-state index contributed by atoms with van der Waals surface area (Å²) in [6, 6.07) is 7.01. The Hall–Kier alpha value is -2.10. The number of phenolic OH excluding ortho intramolecular Hbond substituents is 1. The first kappa shape index (κ1) is 10.4. The largest absolute Gasteiger partial charge is 0.508 e. The van der Waals surface area contributed by atoms with Crippen molar-refractivity contribution < 1.29 is 14.6 Å². The highest BCUT2D eigenvalue weighted by molar-refractivity contribution is 5.80. The van der Waals surface area contributed by atoms with Crippen molar-refractivity contribution in [2.45, 2.75) is 6.42 Å². The number of aromatic nitrogens is 1. The minimum Gasteiger partial charge on any atom is -0.508 e. The number of benzene rings is 1. The molecule has 0 radical (unpaired) electrons. The quantitative estimate of drug-likeness (QED) is 0.625. The molecule has 4 heteroatoms. The van der Waals surface area contributed by atoms with Crippen LogP contribution in [0.1, 0.15) is 5.56 Å². The molecule has 0 fully saturated rings. The van der Waals surface area contributed by atoms with Gasteiger partial charge in [0, 0.05) is 24.1 Å². The van der Waals surface area contributed by atoms with Crippen molar-refractivity contribution in [1.29, 1.82) is 0 Å². The average Bonchev–Trinajstić information content (AvgIpc) is 2.29. The zero-order chi connectivity index (χ0) is 11.4. The molecule has 0 amide bonds. The first-order valence-corrected chi connectivity index (χ1v) is 4.92. The van der Waals surface area contributed by atoms with E-state index in [9.17, 15) is 9.90 Å². The second-order valence-electron chi connectivity index (χ2n) is 3.44. The molecule has 1 N–H and O–H groups in total. The third kappa shape index (κ3) is 2.28. The van der Waals surface area contributed by atoms with Crippen LogP contribution in [-0.4, -0.2) is 23.2 Å². The standard InChI is InChI=1S/C12H11NO3/c14-8-16-4-3-9-5-10-1-2-11(15)6-12(10)13-7-9/h1-2,5-8,15H,3-4H2. The molecule has 16 heavy (non-hydrogen) atoms. The molecule has 0 saturated carbocycles. The lowest BCUT2D eigenvalue weighted by Gasteiger charge is -2.02. The summed E-state index contributed by atoms with van der Waals surface area (Å²) in [4.78, 5) is 14.2. The van der Waals surface area contributed by atoms with Crippen molar-refractivity contribution in [2.75, 3.05) is 6.61 Å². The van der Waals surface area contributed by atoms with E-state index in [1.54, 1.807) is 18.3 Å². The Labute approximate surface area is 92.5 Å². The molecule has 0 atom stereocenters. The van der Waals surface area contributed by atoms with Crippen molar-refractivity contribution >= 4 is 17.4 Å². The topological polar surface area (TPSA) is 59.4 Å². The van der Waals surface area contributed by atoms with Gasteiger partial charge in [-0.25, -0.2) is 0 Å². The summed E-state index contributed by atoms with van der Waals surface area (Å²) in [5.41, 5.74) is 1.75. The Morgan fingerprint density at radius 3 is 3.06 bits per heavy atom. The van der Waals surface area contributed by atoms with Gasteiger partial charge in [-0.2, -0.15) is 0 Å². The molecule has 0 unspecified atom stereocenters. The number of phenols is 1. The zero-order valence-corrected chi connectivity index (χ0v) is 8.59. The maximum atomic E-state index is 9.98. The van der Waals surface area contributed by atoms with Crippen LogP contribution >= 0.6 is 0 Å². The summed E-state index contributed by atoms with van der Waals surface area (Å²) < 4.78 is 4.62. The molecule has 1 heterocycles. The maximum absolute atomic E-state index is 9.98. The van der Waals surface area contributed by atoms with Crippen LogP contribution < -0.4 is 0 Å². The summed E-state index contributed by atoms with van der Waals surface area (Å²) >= 11 is 0. The highest BCUT2D eigenvalue weighted by Crippen LogP contribution is 2.18. The van der Waals surface area contributed by atoms with Crippen LogP contribution in [0.5, 0.6) is 5.75 Å². The first-order valence-electron chi connectivity index (χ1n) is 4.92. The summed E-state index contributed by atoms with van der Waals surface area (Å²) in [6.45, 7) is 0.793. The number of rotatable bonds is 4. The molecule has 1 aromatic heterocycles. The van der Waals surface area contributed by atoms with Gasteiger partial charge in [-0.3, -0.25) is 9.78 Å². The Bertz CT molecular complexity index is 511. The van der Waals surface area contributed by atoms with Crippen molar-refractivity contribution in [3.8, 4) is 5.75 Å². The highest BCUT2D eigenvalue weighted by Gasteiger charge is 1.99. The molecular weight excluding hydrogens is 206 g/mol. The summed E-state index contributed by atoms with van der Waals surface area (Å²) in [7, 11) is 0. The fourth-order valence-electron chi connectivity index (χ4n) is 1.52. The molecule has 4 nitrogen and oxygen atoms in total. The molecule has 2 aromatic rings. The molecule has 0 bridgehead atoms. The summed E-state index contributed by atoms with van der Waals surface area (Å²) in [6.07, 6.45) is 2.36. The smallest absolute Gasteiger partial charge is 0.293 e. The SMILES string of the molecule is O=COCCc1cnc2cc(O)ccc2c1. The Balaban J connectivity index is 2.23. The number of nitrogens with zero attached hydrogens (tertiary/aromatic N) is 1. The monoisotopic (exact) mass is 217 g/mol. The molecule has 0 saturated heterocycles. The number of pyridine rings is 1. The minimum absolute atomic E-state index is 0.206. The molecular formula is C12H11NO3. The zero-order valence-electron chi connectivity index (χ0n) is 8.59. The van der Waals surface area contributed by atoms with Gasteiger partial charge in [-0.1, -0.05) is 0 Å². The first-order chi connectivity index (χ1) is 7.79. The highest BCUT2D eigenvalue weighted by atomic mass is 16.5.